The first-order chi connectivity index (χ1) is 9.88. The van der Waals surface area contributed by atoms with Crippen molar-refractivity contribution in [3.8, 4) is 0 Å². The van der Waals surface area contributed by atoms with Crippen molar-refractivity contribution in [2.24, 2.45) is 0 Å². The number of benzene rings is 2. The SMILES string of the molecule is Cc1ccc(C(=O)Nc2ccc(C(=O)O)cc2N)c(C)c1. The number of aryl methyl sites for hydroxylation is 2. The van der Waals surface area contributed by atoms with Crippen molar-refractivity contribution in [1.29, 1.82) is 0 Å². The van der Waals surface area contributed by atoms with Gasteiger partial charge in [-0.05, 0) is 43.7 Å². The maximum absolute atomic E-state index is 12.2. The van der Waals surface area contributed by atoms with Crippen LogP contribution >= 0.6 is 0 Å². The Hall–Kier alpha value is -2.82. The second kappa shape index (κ2) is 5.66. The van der Waals surface area contributed by atoms with Crippen LogP contribution in [0.15, 0.2) is 36.4 Å². The Morgan fingerprint density at radius 3 is 2.38 bits per heavy atom. The number of nitrogens with two attached hydrogens (primary N) is 1. The third-order valence-electron chi connectivity index (χ3n) is 3.17. The Labute approximate surface area is 122 Å². The quantitative estimate of drug-likeness (QED) is 0.756. The van der Waals surface area contributed by atoms with E-state index in [-0.39, 0.29) is 17.2 Å². The molecular formula is C16H16N2O3. The third kappa shape index (κ3) is 3.20. The van der Waals surface area contributed by atoms with Gasteiger partial charge in [-0.25, -0.2) is 4.79 Å². The van der Waals surface area contributed by atoms with Gasteiger partial charge in [-0.15, -0.1) is 0 Å². The molecule has 1 amide bonds. The molecule has 0 aliphatic rings. The van der Waals surface area contributed by atoms with Gasteiger partial charge in [-0.1, -0.05) is 17.7 Å². The molecule has 0 spiro atoms. The van der Waals surface area contributed by atoms with Crippen molar-refractivity contribution in [3.05, 3.63) is 58.7 Å². The molecule has 108 valence electrons. The number of aromatic carboxylic acids is 1. The van der Waals surface area contributed by atoms with Gasteiger partial charge < -0.3 is 16.2 Å². The number of hydrogen-bond donors (Lipinski definition) is 3. The predicted octanol–water partition coefficient (Wildman–Crippen LogP) is 2.84. The number of amides is 1. The van der Waals surface area contributed by atoms with E-state index in [4.69, 9.17) is 10.8 Å². The highest BCUT2D eigenvalue weighted by Gasteiger charge is 2.12. The zero-order valence-electron chi connectivity index (χ0n) is 11.8. The van der Waals surface area contributed by atoms with Crippen LogP contribution in [0.5, 0.6) is 0 Å². The number of carboxylic acids is 1. The second-order valence-electron chi connectivity index (χ2n) is 4.88. The fourth-order valence-electron chi connectivity index (χ4n) is 2.07. The molecule has 21 heavy (non-hydrogen) atoms. The van der Waals surface area contributed by atoms with Crippen molar-refractivity contribution in [2.75, 3.05) is 11.1 Å². The van der Waals surface area contributed by atoms with Crippen molar-refractivity contribution in [1.82, 2.24) is 0 Å². The summed E-state index contributed by atoms with van der Waals surface area (Å²) < 4.78 is 0. The fraction of sp³-hybridized carbons (Fsp3) is 0.125. The number of anilines is 2. The number of carbonyl (C=O) groups is 2. The minimum atomic E-state index is -1.06. The highest BCUT2D eigenvalue weighted by Crippen LogP contribution is 2.21. The lowest BCUT2D eigenvalue weighted by Crippen LogP contribution is -2.15. The molecule has 2 aromatic rings. The first kappa shape index (κ1) is 14.6. The molecule has 0 radical (unpaired) electrons. The summed E-state index contributed by atoms with van der Waals surface area (Å²) in [5.41, 5.74) is 8.96. The maximum Gasteiger partial charge on any atom is 0.335 e. The predicted molar refractivity (Wildman–Crippen MR) is 81.7 cm³/mol. The van der Waals surface area contributed by atoms with Gasteiger partial charge >= 0.3 is 5.97 Å². The van der Waals surface area contributed by atoms with Crippen molar-refractivity contribution in [3.63, 3.8) is 0 Å². The molecule has 0 saturated heterocycles. The monoisotopic (exact) mass is 284 g/mol. The van der Waals surface area contributed by atoms with Gasteiger partial charge in [-0.3, -0.25) is 4.79 Å². The molecule has 0 heterocycles. The average molecular weight is 284 g/mol. The topological polar surface area (TPSA) is 92.4 Å². The highest BCUT2D eigenvalue weighted by molar-refractivity contribution is 6.07. The minimum absolute atomic E-state index is 0.0806. The summed E-state index contributed by atoms with van der Waals surface area (Å²) in [6.07, 6.45) is 0. The average Bonchev–Trinajstić information content (AvgIpc) is 2.40. The first-order valence-corrected chi connectivity index (χ1v) is 6.40. The molecule has 0 bridgehead atoms. The zero-order valence-corrected chi connectivity index (χ0v) is 11.8. The van der Waals surface area contributed by atoms with Gasteiger partial charge in [0, 0.05) is 5.56 Å². The van der Waals surface area contributed by atoms with E-state index in [1.165, 1.54) is 18.2 Å². The van der Waals surface area contributed by atoms with Crippen LogP contribution in [-0.2, 0) is 0 Å². The number of carbonyl (C=O) groups excluding carboxylic acids is 1. The summed E-state index contributed by atoms with van der Waals surface area (Å²) in [4.78, 5) is 23.1. The lowest BCUT2D eigenvalue weighted by Gasteiger charge is -2.11. The van der Waals surface area contributed by atoms with Crippen molar-refractivity contribution >= 4 is 23.3 Å². The molecule has 0 fully saturated rings. The largest absolute Gasteiger partial charge is 0.478 e. The molecule has 2 aromatic carbocycles. The molecule has 0 saturated carbocycles. The van der Waals surface area contributed by atoms with E-state index in [2.05, 4.69) is 5.32 Å². The van der Waals surface area contributed by atoms with E-state index in [9.17, 15) is 9.59 Å². The Bertz CT molecular complexity index is 723. The molecule has 5 heteroatoms. The zero-order chi connectivity index (χ0) is 15.6. The van der Waals surface area contributed by atoms with Gasteiger partial charge in [0.1, 0.15) is 0 Å². The van der Waals surface area contributed by atoms with E-state index < -0.39 is 5.97 Å². The molecule has 0 aromatic heterocycles. The van der Waals surface area contributed by atoms with Crippen molar-refractivity contribution < 1.29 is 14.7 Å². The second-order valence-corrected chi connectivity index (χ2v) is 4.88. The van der Waals surface area contributed by atoms with Crippen LogP contribution < -0.4 is 11.1 Å². The maximum atomic E-state index is 12.2. The lowest BCUT2D eigenvalue weighted by atomic mass is 10.0. The number of nitrogens with one attached hydrogen (secondary N) is 1. The first-order valence-electron chi connectivity index (χ1n) is 6.40. The Balaban J connectivity index is 2.25. The molecule has 4 N–H and O–H groups in total. The molecule has 5 nitrogen and oxygen atoms in total. The summed E-state index contributed by atoms with van der Waals surface area (Å²) in [7, 11) is 0. The summed E-state index contributed by atoms with van der Waals surface area (Å²) in [6, 6.07) is 9.74. The summed E-state index contributed by atoms with van der Waals surface area (Å²) in [5, 5.41) is 11.6. The summed E-state index contributed by atoms with van der Waals surface area (Å²) in [5.74, 6) is -1.34. The number of hydrogen-bond acceptors (Lipinski definition) is 3. The molecule has 0 aliphatic carbocycles. The molecule has 0 unspecified atom stereocenters. The van der Waals surface area contributed by atoms with Crippen LogP contribution in [0.2, 0.25) is 0 Å². The van der Waals surface area contributed by atoms with E-state index in [0.29, 0.717) is 11.3 Å². The van der Waals surface area contributed by atoms with Crippen molar-refractivity contribution in [2.45, 2.75) is 13.8 Å². The standard InChI is InChI=1S/C16H16N2O3/c1-9-3-5-12(10(2)7-9)15(19)18-14-6-4-11(16(20)21)8-13(14)17/h3-8H,17H2,1-2H3,(H,18,19)(H,20,21). The van der Waals surface area contributed by atoms with Crippen LogP contribution in [0.25, 0.3) is 0 Å². The van der Waals surface area contributed by atoms with Crippen LogP contribution in [0, 0.1) is 13.8 Å². The van der Waals surface area contributed by atoms with Gasteiger partial charge in [0.2, 0.25) is 0 Å². The molecule has 0 aliphatic heterocycles. The summed E-state index contributed by atoms with van der Waals surface area (Å²) in [6.45, 7) is 3.82. The van der Waals surface area contributed by atoms with E-state index in [1.54, 1.807) is 6.07 Å². The highest BCUT2D eigenvalue weighted by atomic mass is 16.4. The van der Waals surface area contributed by atoms with E-state index in [0.717, 1.165) is 11.1 Å². The Kier molecular flexibility index (Phi) is 3.93. The van der Waals surface area contributed by atoms with E-state index in [1.807, 2.05) is 26.0 Å². The Morgan fingerprint density at radius 1 is 1.10 bits per heavy atom. The Morgan fingerprint density at radius 2 is 1.81 bits per heavy atom. The third-order valence-corrected chi connectivity index (χ3v) is 3.17. The van der Waals surface area contributed by atoms with Gasteiger partial charge in [-0.2, -0.15) is 0 Å². The summed E-state index contributed by atoms with van der Waals surface area (Å²) >= 11 is 0. The van der Waals surface area contributed by atoms with Gasteiger partial charge in [0.05, 0.1) is 16.9 Å². The fourth-order valence-corrected chi connectivity index (χ4v) is 2.07. The van der Waals surface area contributed by atoms with Gasteiger partial charge in [0.25, 0.3) is 5.91 Å². The van der Waals surface area contributed by atoms with Gasteiger partial charge in [0.15, 0.2) is 0 Å². The van der Waals surface area contributed by atoms with Crippen LogP contribution in [0.3, 0.4) is 0 Å². The number of carboxylic acid groups (broad SMARTS) is 1. The minimum Gasteiger partial charge on any atom is -0.478 e. The lowest BCUT2D eigenvalue weighted by molar-refractivity contribution is 0.0697. The van der Waals surface area contributed by atoms with Crippen LogP contribution in [0.4, 0.5) is 11.4 Å². The van der Waals surface area contributed by atoms with Crippen LogP contribution in [0.1, 0.15) is 31.8 Å². The number of nitrogen functional groups attached to an aromatic ring is 1. The van der Waals surface area contributed by atoms with E-state index >= 15 is 0 Å². The normalized spacial score (nSPS) is 10.2. The molecular weight excluding hydrogens is 268 g/mol. The molecule has 0 atom stereocenters. The smallest absolute Gasteiger partial charge is 0.335 e. The number of rotatable bonds is 3. The van der Waals surface area contributed by atoms with Crippen LogP contribution in [-0.4, -0.2) is 17.0 Å². The molecule has 2 rings (SSSR count).